The van der Waals surface area contributed by atoms with Crippen LogP contribution in [-0.4, -0.2) is 32.1 Å². The second-order valence-electron chi connectivity index (χ2n) is 5.92. The van der Waals surface area contributed by atoms with Crippen molar-refractivity contribution in [2.45, 2.75) is 19.8 Å². The van der Waals surface area contributed by atoms with Crippen molar-refractivity contribution >= 4 is 23.2 Å². The molecular weight excluding hydrogens is 332 g/mol. The maximum absolute atomic E-state index is 12.8. The van der Waals surface area contributed by atoms with Gasteiger partial charge in [-0.2, -0.15) is 0 Å². The van der Waals surface area contributed by atoms with Crippen molar-refractivity contribution in [2.75, 3.05) is 30.5 Å². The molecule has 0 bridgehead atoms. The molecule has 0 spiro atoms. The number of hydrogen-bond acceptors (Lipinski definition) is 4. The lowest BCUT2D eigenvalue weighted by atomic mass is 10.1. The minimum absolute atomic E-state index is 0.0491. The molecule has 1 saturated heterocycles. The molecule has 136 valence electrons. The Labute approximate surface area is 152 Å². The fourth-order valence-corrected chi connectivity index (χ4v) is 3.02. The summed E-state index contributed by atoms with van der Waals surface area (Å²) in [4.78, 5) is 26.5. The summed E-state index contributed by atoms with van der Waals surface area (Å²) >= 11 is 0. The van der Waals surface area contributed by atoms with Gasteiger partial charge in [-0.15, -0.1) is 0 Å². The fraction of sp³-hybridized carbons (Fsp3) is 0.300. The first-order valence-electron chi connectivity index (χ1n) is 8.65. The number of nitrogens with one attached hydrogen (secondary N) is 1. The van der Waals surface area contributed by atoms with E-state index in [2.05, 4.69) is 5.32 Å². The van der Waals surface area contributed by atoms with Crippen molar-refractivity contribution in [3.05, 3.63) is 48.0 Å². The molecule has 1 N–H and O–H groups in total. The normalized spacial score (nSPS) is 13.6. The highest BCUT2D eigenvalue weighted by molar-refractivity contribution is 6.11. The summed E-state index contributed by atoms with van der Waals surface area (Å²) in [5.41, 5.74) is 1.71. The third-order valence-electron chi connectivity index (χ3n) is 4.23. The standard InChI is InChI=1S/C20H22N2O4/c1-3-26-17-11-10-14(13-18(17)25-2)21-20(24)15-7-4-5-8-16(15)22-12-6-9-19(22)23/h4-5,7-8,10-11,13H,3,6,9,12H2,1-2H3,(H,21,24). The predicted octanol–water partition coefficient (Wildman–Crippen LogP) is 3.47. The lowest BCUT2D eigenvalue weighted by Crippen LogP contribution is -2.27. The van der Waals surface area contributed by atoms with Crippen molar-refractivity contribution in [3.63, 3.8) is 0 Å². The number of benzene rings is 2. The van der Waals surface area contributed by atoms with Crippen LogP contribution in [0.2, 0.25) is 0 Å². The van der Waals surface area contributed by atoms with Crippen molar-refractivity contribution in [1.82, 2.24) is 0 Å². The lowest BCUT2D eigenvalue weighted by Gasteiger charge is -2.19. The first-order valence-corrected chi connectivity index (χ1v) is 8.65. The third-order valence-corrected chi connectivity index (χ3v) is 4.23. The summed E-state index contributed by atoms with van der Waals surface area (Å²) in [6, 6.07) is 12.4. The summed E-state index contributed by atoms with van der Waals surface area (Å²) in [5.74, 6) is 0.947. The fourth-order valence-electron chi connectivity index (χ4n) is 3.02. The van der Waals surface area contributed by atoms with Crippen LogP contribution < -0.4 is 19.7 Å². The summed E-state index contributed by atoms with van der Waals surface area (Å²) in [6.45, 7) is 3.06. The zero-order valence-electron chi connectivity index (χ0n) is 15.0. The number of anilines is 2. The molecule has 0 atom stereocenters. The number of amides is 2. The van der Waals surface area contributed by atoms with E-state index in [-0.39, 0.29) is 11.8 Å². The number of ether oxygens (including phenoxy) is 2. The molecule has 1 aliphatic rings. The number of methoxy groups -OCH3 is 1. The highest BCUT2D eigenvalue weighted by Gasteiger charge is 2.25. The second kappa shape index (κ2) is 7.91. The van der Waals surface area contributed by atoms with E-state index in [0.29, 0.717) is 48.0 Å². The molecule has 3 rings (SSSR count). The van der Waals surface area contributed by atoms with Gasteiger partial charge in [-0.05, 0) is 37.6 Å². The van der Waals surface area contributed by atoms with Gasteiger partial charge in [0, 0.05) is 24.7 Å². The topological polar surface area (TPSA) is 67.9 Å². The molecule has 2 amide bonds. The van der Waals surface area contributed by atoms with E-state index in [1.807, 2.05) is 13.0 Å². The van der Waals surface area contributed by atoms with E-state index >= 15 is 0 Å². The van der Waals surface area contributed by atoms with E-state index in [4.69, 9.17) is 9.47 Å². The van der Waals surface area contributed by atoms with Gasteiger partial charge < -0.3 is 19.7 Å². The maximum atomic E-state index is 12.8. The largest absolute Gasteiger partial charge is 0.493 e. The molecule has 2 aromatic rings. The molecule has 0 aliphatic carbocycles. The van der Waals surface area contributed by atoms with E-state index < -0.39 is 0 Å². The maximum Gasteiger partial charge on any atom is 0.257 e. The molecule has 0 aromatic heterocycles. The molecule has 26 heavy (non-hydrogen) atoms. The Kier molecular flexibility index (Phi) is 5.41. The number of carbonyl (C=O) groups excluding carboxylic acids is 2. The molecule has 1 heterocycles. The first kappa shape index (κ1) is 17.8. The zero-order valence-corrected chi connectivity index (χ0v) is 15.0. The number of carbonyl (C=O) groups is 2. The van der Waals surface area contributed by atoms with E-state index in [9.17, 15) is 9.59 Å². The van der Waals surface area contributed by atoms with Crippen LogP contribution >= 0.6 is 0 Å². The minimum atomic E-state index is -0.272. The van der Waals surface area contributed by atoms with Crippen LogP contribution in [0.5, 0.6) is 11.5 Å². The highest BCUT2D eigenvalue weighted by Crippen LogP contribution is 2.31. The quantitative estimate of drug-likeness (QED) is 0.862. The molecule has 0 radical (unpaired) electrons. The number of nitrogens with zero attached hydrogens (tertiary/aromatic N) is 1. The van der Waals surface area contributed by atoms with Crippen LogP contribution in [0.15, 0.2) is 42.5 Å². The summed E-state index contributed by atoms with van der Waals surface area (Å²) < 4.78 is 10.8. The molecule has 2 aromatic carbocycles. The smallest absolute Gasteiger partial charge is 0.257 e. The SMILES string of the molecule is CCOc1ccc(NC(=O)c2ccccc2N2CCCC2=O)cc1OC. The number of hydrogen-bond donors (Lipinski definition) is 1. The van der Waals surface area contributed by atoms with E-state index in [1.165, 1.54) is 0 Å². The van der Waals surface area contributed by atoms with Crippen molar-refractivity contribution in [2.24, 2.45) is 0 Å². The Hall–Kier alpha value is -3.02. The van der Waals surface area contributed by atoms with Gasteiger partial charge in [0.2, 0.25) is 5.91 Å². The van der Waals surface area contributed by atoms with Gasteiger partial charge in [0.25, 0.3) is 5.91 Å². The average molecular weight is 354 g/mol. The summed E-state index contributed by atoms with van der Waals surface area (Å²) in [6.07, 6.45) is 1.33. The lowest BCUT2D eigenvalue weighted by molar-refractivity contribution is -0.117. The number of para-hydroxylation sites is 1. The van der Waals surface area contributed by atoms with Gasteiger partial charge in [0.1, 0.15) is 0 Å². The zero-order chi connectivity index (χ0) is 18.5. The summed E-state index contributed by atoms with van der Waals surface area (Å²) in [5, 5.41) is 2.87. The Morgan fingerprint density at radius 1 is 1.19 bits per heavy atom. The summed E-state index contributed by atoms with van der Waals surface area (Å²) in [7, 11) is 1.55. The average Bonchev–Trinajstić information content (AvgIpc) is 3.09. The molecule has 0 saturated carbocycles. The Bertz CT molecular complexity index is 819. The van der Waals surface area contributed by atoms with Crippen molar-refractivity contribution in [1.29, 1.82) is 0 Å². The van der Waals surface area contributed by atoms with Crippen LogP contribution in [0, 0.1) is 0 Å². The van der Waals surface area contributed by atoms with Crippen molar-refractivity contribution in [3.8, 4) is 11.5 Å². The molecule has 1 aliphatic heterocycles. The van der Waals surface area contributed by atoms with Crippen LogP contribution in [0.3, 0.4) is 0 Å². The van der Waals surface area contributed by atoms with Crippen molar-refractivity contribution < 1.29 is 19.1 Å². The monoisotopic (exact) mass is 354 g/mol. The Morgan fingerprint density at radius 2 is 2.00 bits per heavy atom. The van der Waals surface area contributed by atoms with Gasteiger partial charge in [0.05, 0.1) is 25.0 Å². The van der Waals surface area contributed by atoms with Crippen LogP contribution in [-0.2, 0) is 4.79 Å². The van der Waals surface area contributed by atoms with Gasteiger partial charge in [-0.25, -0.2) is 0 Å². The number of rotatable bonds is 6. The van der Waals surface area contributed by atoms with Gasteiger partial charge in [0.15, 0.2) is 11.5 Å². The first-order chi connectivity index (χ1) is 12.6. The van der Waals surface area contributed by atoms with Gasteiger partial charge >= 0.3 is 0 Å². The molecule has 6 nitrogen and oxygen atoms in total. The van der Waals surface area contributed by atoms with Gasteiger partial charge in [-0.1, -0.05) is 12.1 Å². The van der Waals surface area contributed by atoms with Crippen LogP contribution in [0.1, 0.15) is 30.1 Å². The predicted molar refractivity (Wildman–Crippen MR) is 100 cm³/mol. The molecule has 6 heteroatoms. The van der Waals surface area contributed by atoms with Crippen LogP contribution in [0.25, 0.3) is 0 Å². The van der Waals surface area contributed by atoms with E-state index in [1.54, 1.807) is 48.4 Å². The second-order valence-corrected chi connectivity index (χ2v) is 5.92. The van der Waals surface area contributed by atoms with Gasteiger partial charge in [-0.3, -0.25) is 9.59 Å². The minimum Gasteiger partial charge on any atom is -0.493 e. The Balaban J connectivity index is 1.84. The molecular formula is C20H22N2O4. The van der Waals surface area contributed by atoms with E-state index in [0.717, 1.165) is 6.42 Å². The molecule has 0 unspecified atom stereocenters. The molecule has 1 fully saturated rings. The Morgan fingerprint density at radius 3 is 2.69 bits per heavy atom. The highest BCUT2D eigenvalue weighted by atomic mass is 16.5. The van der Waals surface area contributed by atoms with Crippen LogP contribution in [0.4, 0.5) is 11.4 Å². The third kappa shape index (κ3) is 3.64.